The van der Waals surface area contributed by atoms with E-state index in [0.717, 1.165) is 17.1 Å². The first-order chi connectivity index (χ1) is 6.22. The molecular formula is C9H13N3S. The van der Waals surface area contributed by atoms with Crippen LogP contribution in [0.1, 0.15) is 16.3 Å². The average Bonchev–Trinajstić information content (AvgIpc) is 2.56. The maximum atomic E-state index is 5.50. The molecule has 2 aromatic heterocycles. The van der Waals surface area contributed by atoms with Crippen LogP contribution >= 0.6 is 11.3 Å². The van der Waals surface area contributed by atoms with Crippen molar-refractivity contribution in [3.63, 3.8) is 0 Å². The van der Waals surface area contributed by atoms with Gasteiger partial charge in [-0.1, -0.05) is 0 Å². The lowest BCUT2D eigenvalue weighted by atomic mass is 10.4. The van der Waals surface area contributed by atoms with E-state index in [1.54, 1.807) is 11.3 Å². The molecule has 0 aliphatic carbocycles. The zero-order chi connectivity index (χ0) is 9.42. The van der Waals surface area contributed by atoms with Crippen LogP contribution < -0.4 is 5.73 Å². The molecule has 0 atom stereocenters. The number of nitrogens with zero attached hydrogens (tertiary/aromatic N) is 2. The quantitative estimate of drug-likeness (QED) is 0.789. The van der Waals surface area contributed by atoms with Gasteiger partial charge in [-0.25, -0.2) is 4.98 Å². The van der Waals surface area contributed by atoms with Crippen molar-refractivity contribution in [3.05, 3.63) is 22.5 Å². The normalized spacial score (nSPS) is 11.3. The lowest BCUT2D eigenvalue weighted by Gasteiger charge is -1.90. The number of aromatic nitrogens is 2. The first-order valence-corrected chi connectivity index (χ1v) is 5.18. The standard InChI is InChI=1S/C9H13N3S/c1-6-7(2)12-5-8(3-4-10)13-9(12)11-6/h5H,3-4,10H2,1-2H3. The molecule has 70 valence electrons. The molecule has 0 radical (unpaired) electrons. The van der Waals surface area contributed by atoms with Crippen molar-refractivity contribution < 1.29 is 0 Å². The SMILES string of the molecule is Cc1nc2sc(CCN)cn2c1C. The van der Waals surface area contributed by atoms with Crippen LogP contribution in [0.4, 0.5) is 0 Å². The molecule has 0 aliphatic heterocycles. The summed E-state index contributed by atoms with van der Waals surface area (Å²) in [6, 6.07) is 0. The zero-order valence-corrected chi connectivity index (χ0v) is 8.69. The number of fused-ring (bicyclic) bond motifs is 1. The molecule has 0 spiro atoms. The van der Waals surface area contributed by atoms with Crippen molar-refractivity contribution in [1.82, 2.24) is 9.38 Å². The van der Waals surface area contributed by atoms with Gasteiger partial charge < -0.3 is 5.73 Å². The van der Waals surface area contributed by atoms with Crippen LogP contribution in [0.2, 0.25) is 0 Å². The second-order valence-corrected chi connectivity index (χ2v) is 4.26. The third-order valence-electron chi connectivity index (χ3n) is 2.24. The third kappa shape index (κ3) is 1.36. The first-order valence-electron chi connectivity index (χ1n) is 4.36. The summed E-state index contributed by atoms with van der Waals surface area (Å²) in [7, 11) is 0. The summed E-state index contributed by atoms with van der Waals surface area (Å²) in [4.78, 5) is 6.85. The van der Waals surface area contributed by atoms with Gasteiger partial charge in [-0.05, 0) is 26.8 Å². The Bertz CT molecular complexity index is 427. The van der Waals surface area contributed by atoms with Crippen LogP contribution in [0.25, 0.3) is 4.96 Å². The Labute approximate surface area is 81.2 Å². The van der Waals surface area contributed by atoms with Crippen molar-refractivity contribution in [2.24, 2.45) is 5.73 Å². The van der Waals surface area contributed by atoms with Crippen molar-refractivity contribution >= 4 is 16.3 Å². The van der Waals surface area contributed by atoms with E-state index >= 15 is 0 Å². The summed E-state index contributed by atoms with van der Waals surface area (Å²) >= 11 is 1.73. The van der Waals surface area contributed by atoms with E-state index in [1.165, 1.54) is 10.6 Å². The Morgan fingerprint density at radius 3 is 2.92 bits per heavy atom. The lowest BCUT2D eigenvalue weighted by molar-refractivity contribution is 0.974. The largest absolute Gasteiger partial charge is 0.330 e. The van der Waals surface area contributed by atoms with E-state index in [1.807, 2.05) is 6.92 Å². The van der Waals surface area contributed by atoms with E-state index in [4.69, 9.17) is 5.73 Å². The number of hydrogen-bond donors (Lipinski definition) is 1. The van der Waals surface area contributed by atoms with E-state index in [-0.39, 0.29) is 0 Å². The fourth-order valence-electron chi connectivity index (χ4n) is 1.37. The molecule has 2 heterocycles. The molecule has 0 saturated carbocycles. The van der Waals surface area contributed by atoms with Gasteiger partial charge in [-0.2, -0.15) is 0 Å². The minimum atomic E-state index is 0.710. The predicted molar refractivity (Wildman–Crippen MR) is 55.3 cm³/mol. The van der Waals surface area contributed by atoms with Crippen LogP contribution in [0.3, 0.4) is 0 Å². The minimum Gasteiger partial charge on any atom is -0.330 e. The van der Waals surface area contributed by atoms with Gasteiger partial charge >= 0.3 is 0 Å². The molecule has 0 amide bonds. The zero-order valence-electron chi connectivity index (χ0n) is 7.87. The van der Waals surface area contributed by atoms with Crippen molar-refractivity contribution in [2.75, 3.05) is 6.54 Å². The second kappa shape index (κ2) is 3.12. The highest BCUT2D eigenvalue weighted by Crippen LogP contribution is 2.20. The van der Waals surface area contributed by atoms with Crippen LogP contribution in [0.5, 0.6) is 0 Å². The molecule has 4 heteroatoms. The van der Waals surface area contributed by atoms with Crippen LogP contribution in [-0.2, 0) is 6.42 Å². The maximum absolute atomic E-state index is 5.50. The van der Waals surface area contributed by atoms with E-state index in [9.17, 15) is 0 Å². The number of hydrogen-bond acceptors (Lipinski definition) is 3. The highest BCUT2D eigenvalue weighted by atomic mass is 32.1. The summed E-state index contributed by atoms with van der Waals surface area (Å²) in [5, 5.41) is 0. The fraction of sp³-hybridized carbons (Fsp3) is 0.444. The Kier molecular flexibility index (Phi) is 2.09. The summed E-state index contributed by atoms with van der Waals surface area (Å²) in [5.41, 5.74) is 7.84. The number of aryl methyl sites for hydroxylation is 2. The van der Waals surface area contributed by atoms with Gasteiger partial charge in [0, 0.05) is 16.8 Å². The highest BCUT2D eigenvalue weighted by Gasteiger charge is 2.07. The van der Waals surface area contributed by atoms with Crippen LogP contribution in [-0.4, -0.2) is 15.9 Å². The average molecular weight is 195 g/mol. The number of rotatable bonds is 2. The van der Waals surface area contributed by atoms with E-state index in [2.05, 4.69) is 22.5 Å². The molecule has 2 aromatic rings. The van der Waals surface area contributed by atoms with E-state index in [0.29, 0.717) is 6.54 Å². The summed E-state index contributed by atoms with van der Waals surface area (Å²) < 4.78 is 2.14. The first kappa shape index (κ1) is 8.72. The van der Waals surface area contributed by atoms with Crippen molar-refractivity contribution in [2.45, 2.75) is 20.3 Å². The molecule has 0 fully saturated rings. The fourth-order valence-corrected chi connectivity index (χ4v) is 2.45. The van der Waals surface area contributed by atoms with Crippen molar-refractivity contribution in [1.29, 1.82) is 0 Å². The van der Waals surface area contributed by atoms with Gasteiger partial charge in [-0.15, -0.1) is 11.3 Å². The number of nitrogens with two attached hydrogens (primary N) is 1. The third-order valence-corrected chi connectivity index (χ3v) is 3.28. The van der Waals surface area contributed by atoms with Crippen LogP contribution in [0.15, 0.2) is 6.20 Å². The highest BCUT2D eigenvalue weighted by molar-refractivity contribution is 7.17. The van der Waals surface area contributed by atoms with E-state index < -0.39 is 0 Å². The maximum Gasteiger partial charge on any atom is 0.194 e. The summed E-state index contributed by atoms with van der Waals surface area (Å²) in [5.74, 6) is 0. The van der Waals surface area contributed by atoms with Gasteiger partial charge in [0.2, 0.25) is 0 Å². The lowest BCUT2D eigenvalue weighted by Crippen LogP contribution is -2.00. The predicted octanol–water partition coefficient (Wildman–Crippen LogP) is 1.51. The molecule has 0 bridgehead atoms. The summed E-state index contributed by atoms with van der Waals surface area (Å²) in [6.45, 7) is 4.84. The Hall–Kier alpha value is -0.870. The van der Waals surface area contributed by atoms with Gasteiger partial charge in [-0.3, -0.25) is 4.40 Å². The molecule has 2 N–H and O–H groups in total. The smallest absolute Gasteiger partial charge is 0.194 e. The van der Waals surface area contributed by atoms with Crippen LogP contribution in [0, 0.1) is 13.8 Å². The number of imidazole rings is 1. The second-order valence-electron chi connectivity index (χ2n) is 3.17. The Balaban J connectivity index is 2.52. The minimum absolute atomic E-state index is 0.710. The topological polar surface area (TPSA) is 43.3 Å². The molecule has 3 nitrogen and oxygen atoms in total. The number of thiazole rings is 1. The Morgan fingerprint density at radius 2 is 2.31 bits per heavy atom. The molecule has 0 saturated heterocycles. The van der Waals surface area contributed by atoms with Gasteiger partial charge in [0.1, 0.15) is 0 Å². The molecule has 13 heavy (non-hydrogen) atoms. The molecular weight excluding hydrogens is 182 g/mol. The van der Waals surface area contributed by atoms with Gasteiger partial charge in [0.05, 0.1) is 5.69 Å². The molecule has 2 rings (SSSR count). The van der Waals surface area contributed by atoms with Gasteiger partial charge in [0.25, 0.3) is 0 Å². The molecule has 0 unspecified atom stereocenters. The summed E-state index contributed by atoms with van der Waals surface area (Å²) in [6.07, 6.45) is 3.09. The van der Waals surface area contributed by atoms with Gasteiger partial charge in [0.15, 0.2) is 4.96 Å². The molecule has 0 aromatic carbocycles. The van der Waals surface area contributed by atoms with Crippen molar-refractivity contribution in [3.8, 4) is 0 Å². The Morgan fingerprint density at radius 1 is 1.54 bits per heavy atom. The monoisotopic (exact) mass is 195 g/mol. The molecule has 0 aliphatic rings.